The van der Waals surface area contributed by atoms with Gasteiger partial charge >= 0.3 is 5.97 Å². The molecule has 1 saturated heterocycles. The average Bonchev–Trinajstić information content (AvgIpc) is 3.12. The second-order valence-electron chi connectivity index (χ2n) is 7.61. The first-order valence-corrected chi connectivity index (χ1v) is 11.0. The number of benzene rings is 1. The number of carbonyl (C=O) groups excluding carboxylic acids is 2. The van der Waals surface area contributed by atoms with Gasteiger partial charge in [-0.05, 0) is 44.2 Å². The van der Waals surface area contributed by atoms with E-state index in [1.807, 2.05) is 50.3 Å². The fourth-order valence-electron chi connectivity index (χ4n) is 3.90. The van der Waals surface area contributed by atoms with Gasteiger partial charge in [0.25, 0.3) is 0 Å². The number of ether oxygens (including phenoxy) is 1. The zero-order valence-electron chi connectivity index (χ0n) is 16.2. The van der Waals surface area contributed by atoms with Crippen molar-refractivity contribution in [1.29, 1.82) is 0 Å². The van der Waals surface area contributed by atoms with Crippen LogP contribution in [0.3, 0.4) is 0 Å². The Morgan fingerprint density at radius 1 is 1.15 bits per heavy atom. The van der Waals surface area contributed by atoms with Crippen LogP contribution in [0, 0.1) is 5.92 Å². The summed E-state index contributed by atoms with van der Waals surface area (Å²) in [5, 5.41) is 0.0722. The average molecular weight is 388 g/mol. The van der Waals surface area contributed by atoms with E-state index in [0.717, 1.165) is 18.4 Å². The molecule has 1 aromatic rings. The lowest BCUT2D eigenvalue weighted by molar-refractivity contribution is -0.156. The lowest BCUT2D eigenvalue weighted by atomic mass is 9.88. The largest absolute Gasteiger partial charge is 0.461 e. The first-order valence-electron chi connectivity index (χ1n) is 9.94. The molecular weight excluding hydrogens is 358 g/mol. The molecule has 27 heavy (non-hydrogen) atoms. The van der Waals surface area contributed by atoms with Crippen LogP contribution in [0.15, 0.2) is 36.4 Å². The van der Waals surface area contributed by atoms with Gasteiger partial charge in [0, 0.05) is 11.8 Å². The van der Waals surface area contributed by atoms with E-state index in [1.165, 1.54) is 19.3 Å². The summed E-state index contributed by atoms with van der Waals surface area (Å²) < 4.78 is 5.44. The van der Waals surface area contributed by atoms with Crippen LogP contribution >= 0.6 is 11.8 Å². The summed E-state index contributed by atoms with van der Waals surface area (Å²) >= 11 is 1.74. The SMILES string of the molecule is CC(C)OC(=O)C1CSC(C2CCCCC2)N1C(=O)/C=C/c1ccccc1. The summed E-state index contributed by atoms with van der Waals surface area (Å²) in [6.07, 6.45) is 9.23. The van der Waals surface area contributed by atoms with E-state index in [-0.39, 0.29) is 23.4 Å². The van der Waals surface area contributed by atoms with Gasteiger partial charge in [0.2, 0.25) is 5.91 Å². The molecule has 1 aromatic carbocycles. The molecule has 2 fully saturated rings. The molecule has 1 heterocycles. The quantitative estimate of drug-likeness (QED) is 0.551. The van der Waals surface area contributed by atoms with Crippen molar-refractivity contribution in [3.05, 3.63) is 42.0 Å². The molecule has 1 aliphatic heterocycles. The van der Waals surface area contributed by atoms with Gasteiger partial charge in [-0.25, -0.2) is 4.79 Å². The van der Waals surface area contributed by atoms with Gasteiger partial charge in [-0.3, -0.25) is 4.79 Å². The van der Waals surface area contributed by atoms with Crippen LogP contribution in [0.5, 0.6) is 0 Å². The highest BCUT2D eigenvalue weighted by molar-refractivity contribution is 8.00. The minimum Gasteiger partial charge on any atom is -0.461 e. The molecule has 4 nitrogen and oxygen atoms in total. The topological polar surface area (TPSA) is 46.6 Å². The fourth-order valence-corrected chi connectivity index (χ4v) is 5.53. The zero-order valence-corrected chi connectivity index (χ0v) is 17.0. The van der Waals surface area contributed by atoms with Crippen molar-refractivity contribution >= 4 is 29.7 Å². The number of nitrogens with zero attached hydrogens (tertiary/aromatic N) is 1. The second-order valence-corrected chi connectivity index (χ2v) is 8.76. The van der Waals surface area contributed by atoms with Gasteiger partial charge in [-0.15, -0.1) is 11.8 Å². The van der Waals surface area contributed by atoms with Crippen molar-refractivity contribution < 1.29 is 14.3 Å². The van der Waals surface area contributed by atoms with Gasteiger partial charge in [-0.1, -0.05) is 49.6 Å². The highest BCUT2D eigenvalue weighted by Gasteiger charge is 2.45. The molecule has 3 rings (SSSR count). The summed E-state index contributed by atoms with van der Waals surface area (Å²) in [7, 11) is 0. The van der Waals surface area contributed by atoms with Crippen molar-refractivity contribution in [1.82, 2.24) is 4.90 Å². The predicted octanol–water partition coefficient (Wildman–Crippen LogP) is 4.50. The molecular formula is C22H29NO3S. The first-order chi connectivity index (χ1) is 13.1. The van der Waals surface area contributed by atoms with E-state index in [4.69, 9.17) is 4.74 Å². The number of rotatable bonds is 5. The van der Waals surface area contributed by atoms with Gasteiger partial charge in [-0.2, -0.15) is 0 Å². The molecule has 0 spiro atoms. The van der Waals surface area contributed by atoms with E-state index < -0.39 is 6.04 Å². The summed E-state index contributed by atoms with van der Waals surface area (Å²) in [6.45, 7) is 3.69. The molecule has 2 atom stereocenters. The Hall–Kier alpha value is -1.75. The van der Waals surface area contributed by atoms with Gasteiger partial charge in [0.15, 0.2) is 0 Å². The van der Waals surface area contributed by atoms with E-state index in [1.54, 1.807) is 22.7 Å². The number of hydrogen-bond acceptors (Lipinski definition) is 4. The van der Waals surface area contributed by atoms with E-state index in [2.05, 4.69) is 0 Å². The number of amides is 1. The Kier molecular flexibility index (Phi) is 7.00. The van der Waals surface area contributed by atoms with Gasteiger partial charge < -0.3 is 9.64 Å². The predicted molar refractivity (Wildman–Crippen MR) is 110 cm³/mol. The van der Waals surface area contributed by atoms with Crippen LogP contribution in [-0.4, -0.2) is 40.0 Å². The number of thioether (sulfide) groups is 1. The monoisotopic (exact) mass is 387 g/mol. The van der Waals surface area contributed by atoms with E-state index >= 15 is 0 Å². The third-order valence-corrected chi connectivity index (χ3v) is 6.65. The molecule has 0 N–H and O–H groups in total. The normalized spacial score (nSPS) is 23.9. The van der Waals surface area contributed by atoms with Crippen LogP contribution in [0.25, 0.3) is 6.08 Å². The molecule has 1 amide bonds. The molecule has 1 aliphatic carbocycles. The third kappa shape index (κ3) is 5.16. The van der Waals surface area contributed by atoms with Crippen LogP contribution in [0.1, 0.15) is 51.5 Å². The molecule has 2 unspecified atom stereocenters. The van der Waals surface area contributed by atoms with Gasteiger partial charge in [0.05, 0.1) is 11.5 Å². The molecule has 5 heteroatoms. The van der Waals surface area contributed by atoms with Crippen molar-refractivity contribution in [2.45, 2.75) is 63.5 Å². The highest BCUT2D eigenvalue weighted by atomic mass is 32.2. The molecule has 0 bridgehead atoms. The maximum absolute atomic E-state index is 13.1. The number of carbonyl (C=O) groups is 2. The van der Waals surface area contributed by atoms with Crippen LogP contribution in [0.4, 0.5) is 0 Å². The maximum atomic E-state index is 13.1. The van der Waals surface area contributed by atoms with E-state index in [0.29, 0.717) is 11.7 Å². The van der Waals surface area contributed by atoms with Crippen LogP contribution in [-0.2, 0) is 14.3 Å². The fraction of sp³-hybridized carbons (Fsp3) is 0.545. The Labute approximate surface area is 166 Å². The lowest BCUT2D eigenvalue weighted by Crippen LogP contribution is -2.48. The van der Waals surface area contributed by atoms with Crippen molar-refractivity contribution in [3.8, 4) is 0 Å². The van der Waals surface area contributed by atoms with Gasteiger partial charge in [0.1, 0.15) is 6.04 Å². The Balaban J connectivity index is 1.79. The summed E-state index contributed by atoms with van der Waals surface area (Å²) in [5.41, 5.74) is 0.980. The summed E-state index contributed by atoms with van der Waals surface area (Å²) in [4.78, 5) is 27.5. The summed E-state index contributed by atoms with van der Waals surface area (Å²) in [6, 6.07) is 9.29. The lowest BCUT2D eigenvalue weighted by Gasteiger charge is -2.34. The minimum atomic E-state index is -0.489. The standard InChI is InChI=1S/C22H29NO3S/c1-16(2)26-22(25)19-15-27-21(18-11-7-4-8-12-18)23(19)20(24)14-13-17-9-5-3-6-10-17/h3,5-6,9-10,13-14,16,18-19,21H,4,7-8,11-12,15H2,1-2H3/b14-13+. The Morgan fingerprint density at radius 3 is 2.52 bits per heavy atom. The van der Waals surface area contributed by atoms with Crippen molar-refractivity contribution in [2.75, 3.05) is 5.75 Å². The van der Waals surface area contributed by atoms with Crippen molar-refractivity contribution in [2.24, 2.45) is 5.92 Å². The summed E-state index contributed by atoms with van der Waals surface area (Å²) in [5.74, 6) is 0.717. The Morgan fingerprint density at radius 2 is 1.85 bits per heavy atom. The van der Waals surface area contributed by atoms with Crippen LogP contribution < -0.4 is 0 Å². The molecule has 0 radical (unpaired) electrons. The third-order valence-electron chi connectivity index (χ3n) is 5.18. The molecule has 1 saturated carbocycles. The number of hydrogen-bond donors (Lipinski definition) is 0. The van der Waals surface area contributed by atoms with Crippen molar-refractivity contribution in [3.63, 3.8) is 0 Å². The molecule has 146 valence electrons. The maximum Gasteiger partial charge on any atom is 0.330 e. The van der Waals surface area contributed by atoms with Crippen LogP contribution in [0.2, 0.25) is 0 Å². The molecule has 0 aromatic heterocycles. The molecule has 2 aliphatic rings. The number of esters is 1. The van der Waals surface area contributed by atoms with E-state index in [9.17, 15) is 9.59 Å². The second kappa shape index (κ2) is 9.45. The zero-order chi connectivity index (χ0) is 19.2. The smallest absolute Gasteiger partial charge is 0.330 e. The minimum absolute atomic E-state index is 0.0722. The highest BCUT2D eigenvalue weighted by Crippen LogP contribution is 2.41. The first kappa shape index (κ1) is 20.0. The Bertz CT molecular complexity index is 667.